The van der Waals surface area contributed by atoms with Crippen molar-refractivity contribution in [2.45, 2.75) is 0 Å². The maximum atomic E-state index is 2.58. The molecule has 0 aliphatic carbocycles. The summed E-state index contributed by atoms with van der Waals surface area (Å²) >= 11 is 0. The number of para-hydroxylation sites is 2. The zero-order valence-electron chi connectivity index (χ0n) is 25.4. The van der Waals surface area contributed by atoms with Gasteiger partial charge in [0.05, 0.1) is 11.0 Å². The summed E-state index contributed by atoms with van der Waals surface area (Å²) in [5.41, 5.74) is 14.4. The minimum atomic E-state index is 0.134. The van der Waals surface area contributed by atoms with E-state index in [1.165, 1.54) is 104 Å². The molecule has 2 aliphatic rings. The smallest absolute Gasteiger partial charge is 0.252 e. The Morgan fingerprint density at radius 3 is 1.34 bits per heavy atom. The van der Waals surface area contributed by atoms with Crippen LogP contribution in [-0.4, -0.2) is 15.8 Å². The van der Waals surface area contributed by atoms with Gasteiger partial charge in [0.25, 0.3) is 6.71 Å². The predicted octanol–water partition coefficient (Wildman–Crippen LogP) is 9.00. The lowest BCUT2D eigenvalue weighted by Crippen LogP contribution is -2.59. The number of nitrogens with zero attached hydrogens (tertiary/aromatic N) is 2. The fraction of sp³-hybridized carbons (Fsp3) is 0. The Morgan fingerprint density at radius 2 is 0.830 bits per heavy atom. The lowest BCUT2D eigenvalue weighted by atomic mass is 9.34. The van der Waals surface area contributed by atoms with E-state index >= 15 is 0 Å². The standard InChI is InChI=1S/C44H25BN2/c1-2-10-26(11-3-1)31-24-40-42-41(25-31)47-39-23-30-15-7-5-13-28(30)21-35(39)33-17-9-19-37(44(33)47)45(42)36-18-8-16-32-34-20-27-12-4-6-14-29(27)22-38(34)46(40)43(32)36/h1-25H. The van der Waals surface area contributed by atoms with Crippen LogP contribution in [0.3, 0.4) is 0 Å². The molecule has 0 N–H and O–H groups in total. The Kier molecular flexibility index (Phi) is 4.33. The van der Waals surface area contributed by atoms with Crippen LogP contribution in [0.25, 0.3) is 87.7 Å². The van der Waals surface area contributed by atoms with Crippen molar-refractivity contribution in [1.82, 2.24) is 9.13 Å². The van der Waals surface area contributed by atoms with Crippen LogP contribution in [0.4, 0.5) is 0 Å². The monoisotopic (exact) mass is 592 g/mol. The third-order valence-corrected chi connectivity index (χ3v) is 11.0. The van der Waals surface area contributed by atoms with Crippen LogP contribution in [-0.2, 0) is 0 Å². The first-order valence-electron chi connectivity index (χ1n) is 16.5. The van der Waals surface area contributed by atoms with Gasteiger partial charge < -0.3 is 9.13 Å². The first-order valence-corrected chi connectivity index (χ1v) is 16.5. The number of aromatic nitrogens is 2. The lowest BCUT2D eigenvalue weighted by Gasteiger charge is -2.34. The maximum absolute atomic E-state index is 2.58. The van der Waals surface area contributed by atoms with Crippen molar-refractivity contribution in [3.05, 3.63) is 152 Å². The molecule has 2 aliphatic heterocycles. The number of hydrogen-bond acceptors (Lipinski definition) is 0. The van der Waals surface area contributed by atoms with Gasteiger partial charge in [0.15, 0.2) is 0 Å². The van der Waals surface area contributed by atoms with Crippen LogP contribution in [0.2, 0.25) is 0 Å². The molecule has 10 aromatic rings. The van der Waals surface area contributed by atoms with Crippen LogP contribution < -0.4 is 16.4 Å². The second-order valence-corrected chi connectivity index (χ2v) is 13.3. The zero-order chi connectivity index (χ0) is 30.4. The Labute approximate surface area is 270 Å². The molecule has 8 aromatic carbocycles. The Balaban J connectivity index is 1.33. The largest absolute Gasteiger partial charge is 0.310 e. The molecule has 214 valence electrons. The minimum absolute atomic E-state index is 0.134. The van der Waals surface area contributed by atoms with Gasteiger partial charge in [-0.3, -0.25) is 0 Å². The van der Waals surface area contributed by atoms with Crippen LogP contribution in [0, 0.1) is 0 Å². The van der Waals surface area contributed by atoms with Crippen LogP contribution >= 0.6 is 0 Å². The quantitative estimate of drug-likeness (QED) is 0.169. The second kappa shape index (κ2) is 8.40. The lowest BCUT2D eigenvalue weighted by molar-refractivity contribution is 1.15. The zero-order valence-corrected chi connectivity index (χ0v) is 25.4. The predicted molar refractivity (Wildman–Crippen MR) is 200 cm³/mol. The molecule has 12 rings (SSSR count). The first kappa shape index (κ1) is 24.2. The molecule has 0 unspecified atom stereocenters. The summed E-state index contributed by atoms with van der Waals surface area (Å²) in [6.07, 6.45) is 0. The summed E-state index contributed by atoms with van der Waals surface area (Å²) in [6, 6.07) is 56.9. The van der Waals surface area contributed by atoms with E-state index in [4.69, 9.17) is 0 Å². The number of rotatable bonds is 1. The van der Waals surface area contributed by atoms with E-state index in [9.17, 15) is 0 Å². The molecule has 0 bridgehead atoms. The normalized spacial score (nSPS) is 13.1. The van der Waals surface area contributed by atoms with Crippen molar-refractivity contribution in [1.29, 1.82) is 0 Å². The third-order valence-electron chi connectivity index (χ3n) is 11.0. The van der Waals surface area contributed by atoms with E-state index in [1.54, 1.807) is 0 Å². The van der Waals surface area contributed by atoms with E-state index in [-0.39, 0.29) is 6.71 Å². The fourth-order valence-electron chi connectivity index (χ4n) is 9.09. The molecule has 4 heterocycles. The van der Waals surface area contributed by atoms with Gasteiger partial charge in [0.1, 0.15) is 0 Å². The molecule has 3 heteroatoms. The second-order valence-electron chi connectivity index (χ2n) is 13.3. The van der Waals surface area contributed by atoms with Crippen molar-refractivity contribution in [2.24, 2.45) is 0 Å². The summed E-state index contributed by atoms with van der Waals surface area (Å²) in [7, 11) is 0. The highest BCUT2D eigenvalue weighted by molar-refractivity contribution is 7.00. The average Bonchev–Trinajstić information content (AvgIpc) is 3.63. The molecule has 0 fully saturated rings. The van der Waals surface area contributed by atoms with Crippen LogP contribution in [0.15, 0.2) is 152 Å². The SMILES string of the molecule is c1ccc(-c2cc3c4c(c2)-n2c5cc6ccccc6cc5c5cccc(c52)B4c2cccc4c5cc6ccccc6cc5n-3c24)cc1. The summed E-state index contributed by atoms with van der Waals surface area (Å²) in [5.74, 6) is 0. The van der Waals surface area contributed by atoms with Gasteiger partial charge >= 0.3 is 0 Å². The highest BCUT2D eigenvalue weighted by Gasteiger charge is 2.41. The molecule has 0 saturated heterocycles. The van der Waals surface area contributed by atoms with Crippen LogP contribution in [0.5, 0.6) is 0 Å². The van der Waals surface area contributed by atoms with Gasteiger partial charge in [-0.1, -0.05) is 115 Å². The van der Waals surface area contributed by atoms with E-state index in [0.29, 0.717) is 0 Å². The minimum Gasteiger partial charge on any atom is -0.310 e. The van der Waals surface area contributed by atoms with Gasteiger partial charge in [0.2, 0.25) is 0 Å². The fourth-order valence-corrected chi connectivity index (χ4v) is 9.09. The van der Waals surface area contributed by atoms with E-state index in [1.807, 2.05) is 0 Å². The van der Waals surface area contributed by atoms with Crippen molar-refractivity contribution in [3.63, 3.8) is 0 Å². The Morgan fingerprint density at radius 1 is 0.362 bits per heavy atom. The van der Waals surface area contributed by atoms with Crippen molar-refractivity contribution in [3.8, 4) is 22.5 Å². The maximum Gasteiger partial charge on any atom is 0.252 e. The van der Waals surface area contributed by atoms with Gasteiger partial charge in [-0.2, -0.15) is 0 Å². The van der Waals surface area contributed by atoms with E-state index < -0.39 is 0 Å². The van der Waals surface area contributed by atoms with Crippen LogP contribution in [0.1, 0.15) is 0 Å². The molecule has 2 aromatic heterocycles. The summed E-state index contributed by atoms with van der Waals surface area (Å²) in [5, 5.41) is 10.4. The molecule has 0 atom stereocenters. The average molecular weight is 593 g/mol. The Bertz CT molecular complexity index is 2830. The van der Waals surface area contributed by atoms with Gasteiger partial charge in [-0.25, -0.2) is 0 Å². The van der Waals surface area contributed by atoms with Crippen molar-refractivity contribution < 1.29 is 0 Å². The van der Waals surface area contributed by atoms with Crippen molar-refractivity contribution in [2.75, 3.05) is 0 Å². The summed E-state index contributed by atoms with van der Waals surface area (Å²) in [4.78, 5) is 0. The first-order chi connectivity index (χ1) is 23.3. The molecule has 0 radical (unpaired) electrons. The third kappa shape index (κ3) is 2.94. The Hall–Kier alpha value is -6.06. The number of hydrogen-bond donors (Lipinski definition) is 0. The van der Waals surface area contributed by atoms with E-state index in [0.717, 1.165) is 0 Å². The molecule has 47 heavy (non-hydrogen) atoms. The number of benzene rings is 8. The molecule has 0 saturated carbocycles. The molecule has 0 spiro atoms. The van der Waals surface area contributed by atoms with Gasteiger partial charge in [0, 0.05) is 44.0 Å². The van der Waals surface area contributed by atoms with Crippen molar-refractivity contribution >= 4 is 88.3 Å². The molecular weight excluding hydrogens is 567 g/mol. The number of fused-ring (bicyclic) bond motifs is 12. The van der Waals surface area contributed by atoms with Gasteiger partial charge in [-0.05, 0) is 85.5 Å². The highest BCUT2D eigenvalue weighted by atomic mass is 15.0. The molecule has 2 nitrogen and oxygen atoms in total. The highest BCUT2D eigenvalue weighted by Crippen LogP contribution is 2.42. The topological polar surface area (TPSA) is 9.86 Å². The summed E-state index contributed by atoms with van der Waals surface area (Å²) < 4.78 is 5.17. The van der Waals surface area contributed by atoms with Gasteiger partial charge in [-0.15, -0.1) is 0 Å². The molecule has 0 amide bonds. The molecular formula is C44H25BN2. The summed E-state index contributed by atoms with van der Waals surface area (Å²) in [6.45, 7) is 0.134. The van der Waals surface area contributed by atoms with E-state index in [2.05, 4.69) is 161 Å².